The molecule has 3 N–H and O–H groups in total. The molecule has 1 amide bonds. The Hall–Kier alpha value is -1.07. The molecule has 18 heavy (non-hydrogen) atoms. The zero-order valence-corrected chi connectivity index (χ0v) is 12.3. The zero-order valence-electron chi connectivity index (χ0n) is 10.7. The average Bonchev–Trinajstić information content (AvgIpc) is 2.36. The molecule has 0 aliphatic carbocycles. The maximum atomic E-state index is 11.5. The maximum absolute atomic E-state index is 11.5. The van der Waals surface area contributed by atoms with E-state index in [4.69, 9.17) is 10.5 Å². The molecule has 100 valence electrons. The second-order valence-corrected chi connectivity index (χ2v) is 4.99. The van der Waals surface area contributed by atoms with E-state index < -0.39 is 0 Å². The van der Waals surface area contributed by atoms with E-state index in [1.807, 2.05) is 32.0 Å². The predicted molar refractivity (Wildman–Crippen MR) is 75.4 cm³/mol. The van der Waals surface area contributed by atoms with Crippen molar-refractivity contribution in [2.75, 3.05) is 6.61 Å². The molecule has 1 atom stereocenters. The van der Waals surface area contributed by atoms with Crippen molar-refractivity contribution in [3.05, 3.63) is 28.2 Å². The minimum atomic E-state index is -0.112. The number of carbonyl (C=O) groups is 1. The van der Waals surface area contributed by atoms with Crippen LogP contribution >= 0.6 is 15.9 Å². The molecule has 0 bridgehead atoms. The first-order chi connectivity index (χ1) is 8.56. The second-order valence-electron chi connectivity index (χ2n) is 4.13. The molecule has 0 fully saturated rings. The third-order valence-corrected chi connectivity index (χ3v) is 3.23. The van der Waals surface area contributed by atoms with E-state index >= 15 is 0 Å². The van der Waals surface area contributed by atoms with Crippen LogP contribution in [0.15, 0.2) is 22.7 Å². The zero-order chi connectivity index (χ0) is 13.5. The van der Waals surface area contributed by atoms with Crippen molar-refractivity contribution in [1.29, 1.82) is 0 Å². The van der Waals surface area contributed by atoms with E-state index in [0.29, 0.717) is 12.3 Å². The third-order valence-electron chi connectivity index (χ3n) is 2.61. The number of hydrogen-bond acceptors (Lipinski definition) is 3. The van der Waals surface area contributed by atoms with Crippen LogP contribution in [0.5, 0.6) is 5.75 Å². The maximum Gasteiger partial charge on any atom is 0.258 e. The Balaban J connectivity index is 2.51. The highest BCUT2D eigenvalue weighted by Crippen LogP contribution is 2.25. The summed E-state index contributed by atoms with van der Waals surface area (Å²) >= 11 is 3.39. The first-order valence-electron chi connectivity index (χ1n) is 5.97. The highest BCUT2D eigenvalue weighted by atomic mass is 79.9. The minimum Gasteiger partial charge on any atom is -0.483 e. The number of benzene rings is 1. The monoisotopic (exact) mass is 314 g/mol. The highest BCUT2D eigenvalue weighted by Gasteiger charge is 2.08. The van der Waals surface area contributed by atoms with Gasteiger partial charge in [0.25, 0.3) is 5.91 Å². The summed E-state index contributed by atoms with van der Waals surface area (Å²) in [5.74, 6) is 0.533. The van der Waals surface area contributed by atoms with Crippen LogP contribution in [0.2, 0.25) is 0 Å². The van der Waals surface area contributed by atoms with E-state index in [-0.39, 0.29) is 18.6 Å². The quantitative estimate of drug-likeness (QED) is 0.846. The molecular weight excluding hydrogens is 296 g/mol. The fourth-order valence-corrected chi connectivity index (χ4v) is 1.89. The molecule has 1 aromatic rings. The Kier molecular flexibility index (Phi) is 6.15. The van der Waals surface area contributed by atoms with E-state index in [2.05, 4.69) is 21.2 Å². The number of rotatable bonds is 6. The molecule has 4 nitrogen and oxygen atoms in total. The highest BCUT2D eigenvalue weighted by molar-refractivity contribution is 9.10. The van der Waals surface area contributed by atoms with Gasteiger partial charge in [0, 0.05) is 12.6 Å². The molecule has 1 rings (SSSR count). The van der Waals surface area contributed by atoms with Crippen molar-refractivity contribution in [2.45, 2.75) is 32.9 Å². The smallest absolute Gasteiger partial charge is 0.258 e. The Bertz CT molecular complexity index is 410. The lowest BCUT2D eigenvalue weighted by Crippen LogP contribution is -2.35. The van der Waals surface area contributed by atoms with Crippen LogP contribution in [0.25, 0.3) is 0 Å². The number of nitrogens with one attached hydrogen (secondary N) is 1. The molecule has 5 heteroatoms. The van der Waals surface area contributed by atoms with Crippen molar-refractivity contribution >= 4 is 21.8 Å². The van der Waals surface area contributed by atoms with Gasteiger partial charge in [-0.1, -0.05) is 13.0 Å². The van der Waals surface area contributed by atoms with E-state index in [1.54, 1.807) is 0 Å². The largest absolute Gasteiger partial charge is 0.483 e. The summed E-state index contributed by atoms with van der Waals surface area (Å²) < 4.78 is 6.25. The molecule has 1 aromatic carbocycles. The lowest BCUT2D eigenvalue weighted by Gasteiger charge is -2.13. The summed E-state index contributed by atoms with van der Waals surface area (Å²) in [4.78, 5) is 11.5. The van der Waals surface area contributed by atoms with Gasteiger partial charge in [0.1, 0.15) is 5.75 Å². The van der Waals surface area contributed by atoms with Crippen LogP contribution in [0, 0.1) is 0 Å². The van der Waals surface area contributed by atoms with Gasteiger partial charge >= 0.3 is 0 Å². The second kappa shape index (κ2) is 7.38. The van der Waals surface area contributed by atoms with Gasteiger partial charge in [-0.25, -0.2) is 0 Å². The van der Waals surface area contributed by atoms with Gasteiger partial charge in [-0.2, -0.15) is 0 Å². The first kappa shape index (κ1) is 15.0. The van der Waals surface area contributed by atoms with E-state index in [1.165, 1.54) is 0 Å². The minimum absolute atomic E-state index is 0.0188. The van der Waals surface area contributed by atoms with Gasteiger partial charge in [0.2, 0.25) is 0 Å². The van der Waals surface area contributed by atoms with E-state index in [0.717, 1.165) is 16.5 Å². The van der Waals surface area contributed by atoms with E-state index in [9.17, 15) is 4.79 Å². The van der Waals surface area contributed by atoms with Crippen LogP contribution in [0.4, 0.5) is 0 Å². The summed E-state index contributed by atoms with van der Waals surface area (Å²) in [6.07, 6.45) is 0.903. The van der Waals surface area contributed by atoms with Crippen molar-refractivity contribution in [2.24, 2.45) is 5.73 Å². The van der Waals surface area contributed by atoms with Gasteiger partial charge in [0.15, 0.2) is 6.61 Å². The predicted octanol–water partition coefficient (Wildman–Crippen LogP) is 2.20. The normalized spacial score (nSPS) is 12.0. The Labute approximate surface area is 116 Å². The standard InChI is InChI=1S/C13H19BrN2O2/c1-3-9(2)16-13(17)8-18-12-5-4-10(7-15)6-11(12)14/h4-6,9H,3,7-8,15H2,1-2H3,(H,16,17). The first-order valence-corrected chi connectivity index (χ1v) is 6.76. The van der Waals surface area contributed by atoms with Crippen LogP contribution < -0.4 is 15.8 Å². The van der Waals surface area contributed by atoms with Crippen molar-refractivity contribution in [3.8, 4) is 5.75 Å². The number of carbonyl (C=O) groups excluding carboxylic acids is 1. The Morgan fingerprint density at radius 2 is 2.28 bits per heavy atom. The fraction of sp³-hybridized carbons (Fsp3) is 0.462. The Morgan fingerprint density at radius 1 is 1.56 bits per heavy atom. The van der Waals surface area contributed by atoms with Gasteiger partial charge in [-0.3, -0.25) is 4.79 Å². The Morgan fingerprint density at radius 3 is 2.83 bits per heavy atom. The summed E-state index contributed by atoms with van der Waals surface area (Å²) in [5, 5.41) is 2.84. The lowest BCUT2D eigenvalue weighted by atomic mass is 10.2. The van der Waals surface area contributed by atoms with Gasteiger partial charge in [0.05, 0.1) is 4.47 Å². The number of halogens is 1. The number of ether oxygens (including phenoxy) is 1. The van der Waals surface area contributed by atoms with Crippen LogP contribution in [0.1, 0.15) is 25.8 Å². The van der Waals surface area contributed by atoms with Crippen molar-refractivity contribution in [3.63, 3.8) is 0 Å². The molecule has 0 aliphatic heterocycles. The molecule has 1 unspecified atom stereocenters. The van der Waals surface area contributed by atoms with Crippen molar-refractivity contribution in [1.82, 2.24) is 5.32 Å². The third kappa shape index (κ3) is 4.66. The lowest BCUT2D eigenvalue weighted by molar-refractivity contribution is -0.123. The molecule has 0 heterocycles. The number of nitrogens with two attached hydrogens (primary N) is 1. The number of amides is 1. The van der Waals surface area contributed by atoms with Gasteiger partial charge < -0.3 is 15.8 Å². The molecule has 0 radical (unpaired) electrons. The summed E-state index contributed by atoms with van der Waals surface area (Å²) in [5.41, 5.74) is 6.55. The molecule has 0 saturated carbocycles. The SMILES string of the molecule is CCC(C)NC(=O)COc1ccc(CN)cc1Br. The summed E-state index contributed by atoms with van der Waals surface area (Å²) in [6.45, 7) is 4.48. The number of hydrogen-bond donors (Lipinski definition) is 2. The molecule has 0 aromatic heterocycles. The fourth-order valence-electron chi connectivity index (χ4n) is 1.35. The van der Waals surface area contributed by atoms with Crippen LogP contribution in [-0.2, 0) is 11.3 Å². The molecule has 0 aliphatic rings. The summed E-state index contributed by atoms with van der Waals surface area (Å²) in [6, 6.07) is 5.75. The van der Waals surface area contributed by atoms with Crippen LogP contribution in [0.3, 0.4) is 0 Å². The average molecular weight is 315 g/mol. The molecular formula is C13H19BrN2O2. The topological polar surface area (TPSA) is 64.3 Å². The van der Waals surface area contributed by atoms with Gasteiger partial charge in [-0.15, -0.1) is 0 Å². The van der Waals surface area contributed by atoms with Gasteiger partial charge in [-0.05, 0) is 47.0 Å². The molecule has 0 spiro atoms. The molecule has 0 saturated heterocycles. The van der Waals surface area contributed by atoms with Crippen LogP contribution in [-0.4, -0.2) is 18.6 Å². The van der Waals surface area contributed by atoms with Crippen molar-refractivity contribution < 1.29 is 9.53 Å². The summed E-state index contributed by atoms with van der Waals surface area (Å²) in [7, 11) is 0.